The zero-order valence-electron chi connectivity index (χ0n) is 9.80. The molecule has 0 unspecified atom stereocenters. The fourth-order valence-corrected chi connectivity index (χ4v) is 1.93. The van der Waals surface area contributed by atoms with Crippen molar-refractivity contribution in [1.82, 2.24) is 9.80 Å². The molecule has 6 heteroatoms. The molecule has 1 aliphatic heterocycles. The molecule has 0 radical (unpaired) electrons. The lowest BCUT2D eigenvalue weighted by atomic mass is 10.2. The molecule has 0 spiro atoms. The topological polar surface area (TPSA) is 66.6 Å². The smallest absolute Gasteiger partial charge is 0.314 e. The maximum Gasteiger partial charge on any atom is 0.314 e. The molecule has 2 N–H and O–H groups in total. The Kier molecular flexibility index (Phi) is 3.45. The number of amides is 3. The number of carbonyl (C=O) groups excluding carboxylic acids is 2. The molecule has 0 saturated carbocycles. The third-order valence-electron chi connectivity index (χ3n) is 2.95. The van der Waals surface area contributed by atoms with Gasteiger partial charge in [-0.2, -0.15) is 0 Å². The highest BCUT2D eigenvalue weighted by Gasteiger charge is 2.23. The van der Waals surface area contributed by atoms with E-state index >= 15 is 0 Å². The molecule has 18 heavy (non-hydrogen) atoms. The average Bonchev–Trinajstić information content (AvgIpc) is 2.38. The molecule has 1 heterocycles. The van der Waals surface area contributed by atoms with Crippen LogP contribution < -0.4 is 5.73 Å². The van der Waals surface area contributed by atoms with E-state index in [1.807, 2.05) is 0 Å². The second kappa shape index (κ2) is 5.03. The highest BCUT2D eigenvalue weighted by atomic mass is 19.1. The van der Waals surface area contributed by atoms with Gasteiger partial charge in [-0.15, -0.1) is 0 Å². The summed E-state index contributed by atoms with van der Waals surface area (Å²) in [5, 5.41) is 0. The Morgan fingerprint density at radius 2 is 1.72 bits per heavy atom. The Morgan fingerprint density at radius 1 is 1.11 bits per heavy atom. The number of carbonyl (C=O) groups is 2. The molecule has 1 aromatic rings. The second-order valence-corrected chi connectivity index (χ2v) is 4.13. The van der Waals surface area contributed by atoms with Crippen LogP contribution in [0.4, 0.5) is 9.18 Å². The lowest BCUT2D eigenvalue weighted by Crippen LogP contribution is -2.52. The first-order chi connectivity index (χ1) is 8.58. The number of piperazine rings is 1. The van der Waals surface area contributed by atoms with Crippen molar-refractivity contribution in [2.24, 2.45) is 5.73 Å². The van der Waals surface area contributed by atoms with Gasteiger partial charge in [-0.3, -0.25) is 4.79 Å². The van der Waals surface area contributed by atoms with Crippen LogP contribution in [0.5, 0.6) is 0 Å². The van der Waals surface area contributed by atoms with Crippen LogP contribution in [-0.4, -0.2) is 47.9 Å². The standard InChI is InChI=1S/C12H14FN3O2/c13-10-3-1-2-9(8-10)11(17)15-4-6-16(7-5-15)12(14)18/h1-3,8H,4-7H2,(H2,14,18). The van der Waals surface area contributed by atoms with E-state index in [1.165, 1.54) is 23.1 Å². The van der Waals surface area contributed by atoms with Crippen molar-refractivity contribution >= 4 is 11.9 Å². The number of hydrogen-bond donors (Lipinski definition) is 1. The summed E-state index contributed by atoms with van der Waals surface area (Å²) in [7, 11) is 0. The summed E-state index contributed by atoms with van der Waals surface area (Å²) in [4.78, 5) is 26.1. The van der Waals surface area contributed by atoms with Gasteiger partial charge in [0, 0.05) is 31.7 Å². The number of nitrogens with zero attached hydrogens (tertiary/aromatic N) is 2. The van der Waals surface area contributed by atoms with Crippen LogP contribution in [0, 0.1) is 5.82 Å². The van der Waals surface area contributed by atoms with Crippen LogP contribution in [0.3, 0.4) is 0 Å². The summed E-state index contributed by atoms with van der Waals surface area (Å²) in [5.41, 5.74) is 5.48. The third-order valence-corrected chi connectivity index (χ3v) is 2.95. The molecule has 1 saturated heterocycles. The fourth-order valence-electron chi connectivity index (χ4n) is 1.93. The van der Waals surface area contributed by atoms with Crippen LogP contribution in [0.25, 0.3) is 0 Å². The van der Waals surface area contributed by atoms with Crippen molar-refractivity contribution in [2.45, 2.75) is 0 Å². The van der Waals surface area contributed by atoms with E-state index in [4.69, 9.17) is 5.73 Å². The van der Waals surface area contributed by atoms with Crippen molar-refractivity contribution in [1.29, 1.82) is 0 Å². The number of urea groups is 1. The maximum absolute atomic E-state index is 13.0. The van der Waals surface area contributed by atoms with Gasteiger partial charge in [-0.05, 0) is 18.2 Å². The lowest BCUT2D eigenvalue weighted by Gasteiger charge is -2.33. The van der Waals surface area contributed by atoms with Gasteiger partial charge in [0.25, 0.3) is 5.91 Å². The fraction of sp³-hybridized carbons (Fsp3) is 0.333. The molecule has 0 aromatic heterocycles. The highest BCUT2D eigenvalue weighted by Crippen LogP contribution is 2.10. The SMILES string of the molecule is NC(=O)N1CCN(C(=O)c2cccc(F)c2)CC1. The largest absolute Gasteiger partial charge is 0.351 e. The van der Waals surface area contributed by atoms with Crippen molar-refractivity contribution in [2.75, 3.05) is 26.2 Å². The summed E-state index contributed by atoms with van der Waals surface area (Å²) >= 11 is 0. The summed E-state index contributed by atoms with van der Waals surface area (Å²) < 4.78 is 13.0. The number of hydrogen-bond acceptors (Lipinski definition) is 2. The Morgan fingerprint density at radius 3 is 2.28 bits per heavy atom. The van der Waals surface area contributed by atoms with E-state index in [0.717, 1.165) is 0 Å². The Bertz CT molecular complexity index is 470. The van der Waals surface area contributed by atoms with Gasteiger partial charge >= 0.3 is 6.03 Å². The molecule has 2 rings (SSSR count). The van der Waals surface area contributed by atoms with Crippen LogP contribution in [0.1, 0.15) is 10.4 Å². The summed E-state index contributed by atoms with van der Waals surface area (Å²) in [6, 6.07) is 5.10. The predicted octanol–water partition coefficient (Wildman–Crippen LogP) is 0.662. The first-order valence-electron chi connectivity index (χ1n) is 5.67. The van der Waals surface area contributed by atoms with Crippen LogP contribution in [0.2, 0.25) is 0 Å². The molecule has 1 fully saturated rings. The Hall–Kier alpha value is -2.11. The molecule has 96 valence electrons. The molecule has 1 aromatic carbocycles. The zero-order valence-corrected chi connectivity index (χ0v) is 9.80. The summed E-state index contributed by atoms with van der Waals surface area (Å²) in [5.74, 6) is -0.657. The summed E-state index contributed by atoms with van der Waals surface area (Å²) in [6.45, 7) is 1.66. The molecular weight excluding hydrogens is 237 g/mol. The van der Waals surface area contributed by atoms with E-state index < -0.39 is 11.8 Å². The molecule has 1 aliphatic rings. The first kappa shape index (κ1) is 12.3. The van der Waals surface area contributed by atoms with Crippen molar-refractivity contribution in [3.63, 3.8) is 0 Å². The van der Waals surface area contributed by atoms with Crippen molar-refractivity contribution < 1.29 is 14.0 Å². The minimum absolute atomic E-state index is 0.223. The van der Waals surface area contributed by atoms with Gasteiger partial charge in [0.05, 0.1) is 0 Å². The Balaban J connectivity index is 2.02. The van der Waals surface area contributed by atoms with Crippen molar-refractivity contribution in [3.8, 4) is 0 Å². The lowest BCUT2D eigenvalue weighted by molar-refractivity contribution is 0.0669. The van der Waals surface area contributed by atoms with Gasteiger partial charge < -0.3 is 15.5 Å². The van der Waals surface area contributed by atoms with Gasteiger partial charge in [0.15, 0.2) is 0 Å². The van der Waals surface area contributed by atoms with E-state index in [1.54, 1.807) is 11.0 Å². The quantitative estimate of drug-likeness (QED) is 0.796. The minimum atomic E-state index is -0.479. The normalized spacial score (nSPS) is 15.6. The monoisotopic (exact) mass is 251 g/mol. The molecule has 5 nitrogen and oxygen atoms in total. The van der Waals surface area contributed by atoms with Crippen LogP contribution in [-0.2, 0) is 0 Å². The molecule has 3 amide bonds. The minimum Gasteiger partial charge on any atom is -0.351 e. The second-order valence-electron chi connectivity index (χ2n) is 4.13. The number of halogens is 1. The molecule has 0 aliphatic carbocycles. The van der Waals surface area contributed by atoms with Gasteiger partial charge in [-0.1, -0.05) is 6.07 Å². The highest BCUT2D eigenvalue weighted by molar-refractivity contribution is 5.94. The van der Waals surface area contributed by atoms with E-state index in [9.17, 15) is 14.0 Å². The van der Waals surface area contributed by atoms with Crippen LogP contribution in [0.15, 0.2) is 24.3 Å². The van der Waals surface area contributed by atoms with E-state index in [0.29, 0.717) is 31.7 Å². The summed E-state index contributed by atoms with van der Waals surface area (Å²) in [6.07, 6.45) is 0. The maximum atomic E-state index is 13.0. The van der Waals surface area contributed by atoms with E-state index in [2.05, 4.69) is 0 Å². The average molecular weight is 251 g/mol. The van der Waals surface area contributed by atoms with Crippen LogP contribution >= 0.6 is 0 Å². The number of primary amides is 1. The number of rotatable bonds is 1. The Labute approximate surface area is 104 Å². The zero-order chi connectivity index (χ0) is 13.1. The van der Waals surface area contributed by atoms with Gasteiger partial charge in [0.2, 0.25) is 0 Å². The molecular formula is C12H14FN3O2. The van der Waals surface area contributed by atoms with Crippen molar-refractivity contribution in [3.05, 3.63) is 35.6 Å². The third kappa shape index (κ3) is 2.58. The molecule has 0 atom stereocenters. The number of nitrogens with two attached hydrogens (primary N) is 1. The van der Waals surface area contributed by atoms with Gasteiger partial charge in [-0.25, -0.2) is 9.18 Å². The molecule has 0 bridgehead atoms. The number of benzene rings is 1. The first-order valence-corrected chi connectivity index (χ1v) is 5.67. The van der Waals surface area contributed by atoms with E-state index in [-0.39, 0.29) is 5.91 Å². The predicted molar refractivity (Wildman–Crippen MR) is 63.5 cm³/mol. The van der Waals surface area contributed by atoms with Gasteiger partial charge in [0.1, 0.15) is 5.82 Å².